The molecule has 9 heteroatoms. The zero-order chi connectivity index (χ0) is 27.2. The first-order chi connectivity index (χ1) is 19.0. The lowest BCUT2D eigenvalue weighted by Crippen LogP contribution is -2.27. The second kappa shape index (κ2) is 11.9. The Kier molecular flexibility index (Phi) is 7.98. The van der Waals surface area contributed by atoms with Crippen LogP contribution in [0.3, 0.4) is 0 Å². The summed E-state index contributed by atoms with van der Waals surface area (Å²) in [5.41, 5.74) is 3.22. The number of fused-ring (bicyclic) bond motifs is 1. The molecule has 2 heterocycles. The van der Waals surface area contributed by atoms with Crippen LogP contribution in [0.25, 0.3) is 0 Å². The predicted molar refractivity (Wildman–Crippen MR) is 144 cm³/mol. The highest BCUT2D eigenvalue weighted by Gasteiger charge is 2.20. The molecule has 1 aromatic heterocycles. The van der Waals surface area contributed by atoms with Gasteiger partial charge in [0.1, 0.15) is 17.8 Å². The first kappa shape index (κ1) is 26.1. The van der Waals surface area contributed by atoms with E-state index in [4.69, 9.17) is 23.4 Å². The lowest BCUT2D eigenvalue weighted by Gasteiger charge is -2.22. The van der Waals surface area contributed by atoms with E-state index in [0.29, 0.717) is 31.3 Å². The molecular weight excluding hydrogens is 498 g/mol. The Morgan fingerprint density at radius 2 is 1.79 bits per heavy atom. The molecule has 39 heavy (non-hydrogen) atoms. The normalized spacial score (nSPS) is 12.8. The van der Waals surface area contributed by atoms with Gasteiger partial charge in [-0.15, -0.1) is 0 Å². The van der Waals surface area contributed by atoms with Crippen LogP contribution in [-0.4, -0.2) is 36.8 Å². The van der Waals surface area contributed by atoms with Crippen LogP contribution in [0, 0.1) is 0 Å². The zero-order valence-electron chi connectivity index (χ0n) is 22.2. The van der Waals surface area contributed by atoms with Gasteiger partial charge in [0.05, 0.1) is 26.8 Å². The number of nitrogens with zero attached hydrogens (tertiary/aromatic N) is 2. The molecule has 1 aliphatic heterocycles. The number of amides is 1. The number of rotatable bonds is 11. The van der Waals surface area contributed by atoms with Crippen molar-refractivity contribution in [1.29, 1.82) is 0 Å². The highest BCUT2D eigenvalue weighted by Crippen LogP contribution is 2.33. The van der Waals surface area contributed by atoms with Gasteiger partial charge in [0.15, 0.2) is 17.2 Å². The summed E-state index contributed by atoms with van der Waals surface area (Å²) in [5, 5.41) is 2.98. The van der Waals surface area contributed by atoms with E-state index >= 15 is 0 Å². The van der Waals surface area contributed by atoms with Crippen molar-refractivity contribution in [2.45, 2.75) is 32.6 Å². The van der Waals surface area contributed by atoms with Crippen molar-refractivity contribution in [3.8, 4) is 23.0 Å². The predicted octanol–water partition coefficient (Wildman–Crippen LogP) is 5.11. The van der Waals surface area contributed by atoms with Gasteiger partial charge in [-0.05, 0) is 48.4 Å². The van der Waals surface area contributed by atoms with Crippen molar-refractivity contribution < 1.29 is 28.2 Å². The fourth-order valence-corrected chi connectivity index (χ4v) is 4.49. The number of oxazole rings is 1. The SMILES string of the molecule is COc1ccc(OC)c(CN(Cc2ccc3c(c2)OCO3)Cc2nc(C(=O)NC(C)c3ccccc3)co2)c1. The summed E-state index contributed by atoms with van der Waals surface area (Å²) < 4.78 is 27.8. The monoisotopic (exact) mass is 529 g/mol. The molecule has 1 amide bonds. The van der Waals surface area contributed by atoms with E-state index in [1.54, 1.807) is 14.2 Å². The molecule has 0 fully saturated rings. The van der Waals surface area contributed by atoms with Crippen molar-refractivity contribution in [3.63, 3.8) is 0 Å². The number of carbonyl (C=O) groups is 1. The Morgan fingerprint density at radius 3 is 2.59 bits per heavy atom. The number of methoxy groups -OCH3 is 2. The summed E-state index contributed by atoms with van der Waals surface area (Å²) in [4.78, 5) is 19.5. The molecule has 0 saturated heterocycles. The topological polar surface area (TPSA) is 95.3 Å². The summed E-state index contributed by atoms with van der Waals surface area (Å²) in [7, 11) is 3.27. The summed E-state index contributed by atoms with van der Waals surface area (Å²) in [6.07, 6.45) is 1.40. The molecule has 5 rings (SSSR count). The summed E-state index contributed by atoms with van der Waals surface area (Å²) >= 11 is 0. The second-order valence-electron chi connectivity index (χ2n) is 9.24. The molecule has 9 nitrogen and oxygen atoms in total. The van der Waals surface area contributed by atoms with Crippen LogP contribution < -0.4 is 24.3 Å². The maximum Gasteiger partial charge on any atom is 0.273 e. The van der Waals surface area contributed by atoms with Crippen molar-refractivity contribution in [2.75, 3.05) is 21.0 Å². The van der Waals surface area contributed by atoms with Crippen molar-refractivity contribution in [2.24, 2.45) is 0 Å². The molecular formula is C30H31N3O6. The average Bonchev–Trinajstić information content (AvgIpc) is 3.63. The number of benzene rings is 3. The van der Waals surface area contributed by atoms with Crippen LogP contribution in [0.5, 0.6) is 23.0 Å². The Balaban J connectivity index is 1.34. The molecule has 1 atom stereocenters. The van der Waals surface area contributed by atoms with Crippen LogP contribution in [0.15, 0.2) is 77.4 Å². The molecule has 0 bridgehead atoms. The van der Waals surface area contributed by atoms with Crippen molar-refractivity contribution in [1.82, 2.24) is 15.2 Å². The number of nitrogens with one attached hydrogen (secondary N) is 1. The Morgan fingerprint density at radius 1 is 0.974 bits per heavy atom. The van der Waals surface area contributed by atoms with Gasteiger partial charge in [-0.2, -0.15) is 0 Å². The molecule has 1 N–H and O–H groups in total. The van der Waals surface area contributed by atoms with Gasteiger partial charge < -0.3 is 28.7 Å². The van der Waals surface area contributed by atoms with E-state index < -0.39 is 0 Å². The van der Waals surface area contributed by atoms with Gasteiger partial charge in [0.2, 0.25) is 12.7 Å². The lowest BCUT2D eigenvalue weighted by molar-refractivity contribution is 0.0934. The van der Waals surface area contributed by atoms with Gasteiger partial charge >= 0.3 is 0 Å². The fraction of sp³-hybridized carbons (Fsp3) is 0.267. The third-order valence-electron chi connectivity index (χ3n) is 6.52. The third-order valence-corrected chi connectivity index (χ3v) is 6.52. The summed E-state index contributed by atoms with van der Waals surface area (Å²) in [5.74, 6) is 3.06. The van der Waals surface area contributed by atoms with Gasteiger partial charge in [0, 0.05) is 18.7 Å². The van der Waals surface area contributed by atoms with Crippen LogP contribution >= 0.6 is 0 Å². The Labute approximate surface area is 227 Å². The summed E-state index contributed by atoms with van der Waals surface area (Å²) in [6.45, 7) is 3.59. The van der Waals surface area contributed by atoms with Crippen LogP contribution in [0.1, 0.15) is 46.0 Å². The number of hydrogen-bond donors (Lipinski definition) is 1. The smallest absolute Gasteiger partial charge is 0.273 e. The number of ether oxygens (including phenoxy) is 4. The zero-order valence-corrected chi connectivity index (χ0v) is 22.2. The maximum atomic E-state index is 12.9. The Hall–Kier alpha value is -4.50. The minimum atomic E-state index is -0.293. The molecule has 0 saturated carbocycles. The van der Waals surface area contributed by atoms with Gasteiger partial charge in [0.25, 0.3) is 5.91 Å². The third kappa shape index (κ3) is 6.32. The first-order valence-electron chi connectivity index (χ1n) is 12.6. The van der Waals surface area contributed by atoms with Crippen LogP contribution in [-0.2, 0) is 19.6 Å². The molecule has 1 aliphatic rings. The van der Waals surface area contributed by atoms with E-state index in [-0.39, 0.29) is 24.4 Å². The molecule has 0 radical (unpaired) electrons. The second-order valence-corrected chi connectivity index (χ2v) is 9.24. The Bertz CT molecular complexity index is 1420. The number of carbonyl (C=O) groups excluding carboxylic acids is 1. The molecule has 0 spiro atoms. The fourth-order valence-electron chi connectivity index (χ4n) is 4.49. The number of aromatic nitrogens is 1. The minimum Gasteiger partial charge on any atom is -0.497 e. The highest BCUT2D eigenvalue weighted by atomic mass is 16.7. The van der Waals surface area contributed by atoms with Crippen molar-refractivity contribution >= 4 is 5.91 Å². The van der Waals surface area contributed by atoms with Gasteiger partial charge in [-0.3, -0.25) is 9.69 Å². The van der Waals surface area contributed by atoms with E-state index in [9.17, 15) is 4.79 Å². The van der Waals surface area contributed by atoms with E-state index in [2.05, 4.69) is 15.2 Å². The van der Waals surface area contributed by atoms with E-state index in [0.717, 1.165) is 33.9 Å². The molecule has 4 aromatic rings. The first-order valence-corrected chi connectivity index (χ1v) is 12.6. The average molecular weight is 530 g/mol. The van der Waals surface area contributed by atoms with E-state index in [1.807, 2.05) is 73.7 Å². The lowest BCUT2D eigenvalue weighted by atomic mass is 10.1. The van der Waals surface area contributed by atoms with Crippen molar-refractivity contribution in [3.05, 3.63) is 101 Å². The quantitative estimate of drug-likeness (QED) is 0.286. The summed E-state index contributed by atoms with van der Waals surface area (Å²) in [6, 6.07) is 21.2. The highest BCUT2D eigenvalue weighted by molar-refractivity contribution is 5.92. The van der Waals surface area contributed by atoms with Crippen LogP contribution in [0.4, 0.5) is 0 Å². The van der Waals surface area contributed by atoms with Gasteiger partial charge in [-0.1, -0.05) is 36.4 Å². The standard InChI is InChI=1S/C30H31N3O6/c1-20(22-7-5-4-6-8-22)31-30(34)25-18-37-29(32-25)17-33(15-21-9-11-27-28(13-21)39-19-38-27)16-23-14-24(35-2)10-12-26(23)36-3/h4-14,18,20H,15-17,19H2,1-3H3,(H,31,34). The molecule has 3 aromatic carbocycles. The molecule has 1 unspecified atom stereocenters. The maximum absolute atomic E-state index is 12.9. The molecule has 202 valence electrons. The number of hydrogen-bond acceptors (Lipinski definition) is 8. The minimum absolute atomic E-state index is 0.165. The van der Waals surface area contributed by atoms with E-state index in [1.165, 1.54) is 6.26 Å². The van der Waals surface area contributed by atoms with Gasteiger partial charge in [-0.25, -0.2) is 4.98 Å². The largest absolute Gasteiger partial charge is 0.497 e. The van der Waals surface area contributed by atoms with Crippen LogP contribution in [0.2, 0.25) is 0 Å². The molecule has 0 aliphatic carbocycles.